The lowest BCUT2D eigenvalue weighted by Crippen LogP contribution is -2.05. The van der Waals surface area contributed by atoms with Crippen LogP contribution in [0.1, 0.15) is 37.2 Å². The van der Waals surface area contributed by atoms with E-state index in [1.807, 2.05) is 38.1 Å². The molecule has 1 atom stereocenters. The van der Waals surface area contributed by atoms with Crippen LogP contribution >= 0.6 is 0 Å². The van der Waals surface area contributed by atoms with E-state index in [2.05, 4.69) is 10.1 Å². The van der Waals surface area contributed by atoms with Crippen LogP contribution in [0.15, 0.2) is 28.8 Å². The maximum Gasteiger partial charge on any atom is 0.226 e. The van der Waals surface area contributed by atoms with E-state index in [9.17, 15) is 0 Å². The Morgan fingerprint density at radius 1 is 1.44 bits per heavy atom. The van der Waals surface area contributed by atoms with Crippen LogP contribution in [0.4, 0.5) is 0 Å². The van der Waals surface area contributed by atoms with Crippen molar-refractivity contribution in [2.75, 3.05) is 0 Å². The summed E-state index contributed by atoms with van der Waals surface area (Å²) < 4.78 is 10.6. The second kappa shape index (κ2) is 5.64. The highest BCUT2D eigenvalue weighted by Gasteiger charge is 2.06. The minimum Gasteiger partial charge on any atom is -0.485 e. The van der Waals surface area contributed by atoms with Gasteiger partial charge in [0.2, 0.25) is 11.7 Å². The lowest BCUT2D eigenvalue weighted by Gasteiger charge is -2.08. The van der Waals surface area contributed by atoms with Gasteiger partial charge in [0.15, 0.2) is 6.61 Å². The first-order valence-corrected chi connectivity index (χ1v) is 5.99. The minimum absolute atomic E-state index is 0.00887. The summed E-state index contributed by atoms with van der Waals surface area (Å²) >= 11 is 0. The molecule has 2 N–H and O–H groups in total. The van der Waals surface area contributed by atoms with Gasteiger partial charge in [-0.1, -0.05) is 24.2 Å². The number of nitrogens with two attached hydrogens (primary N) is 1. The molecule has 0 aliphatic heterocycles. The largest absolute Gasteiger partial charge is 0.485 e. The van der Waals surface area contributed by atoms with E-state index >= 15 is 0 Å². The Labute approximate surface area is 106 Å². The Bertz CT molecular complexity index is 508. The van der Waals surface area contributed by atoms with Crippen LogP contribution in [0.3, 0.4) is 0 Å². The predicted molar refractivity (Wildman–Crippen MR) is 67.1 cm³/mol. The predicted octanol–water partition coefficient (Wildman–Crippen LogP) is 2.23. The van der Waals surface area contributed by atoms with Gasteiger partial charge in [-0.2, -0.15) is 4.98 Å². The first-order valence-electron chi connectivity index (χ1n) is 5.99. The summed E-state index contributed by atoms with van der Waals surface area (Å²) in [4.78, 5) is 4.17. The van der Waals surface area contributed by atoms with Gasteiger partial charge in [0.1, 0.15) is 5.75 Å². The fourth-order valence-corrected chi connectivity index (χ4v) is 1.53. The number of aromatic nitrogens is 2. The second-order valence-corrected chi connectivity index (χ2v) is 4.11. The van der Waals surface area contributed by atoms with E-state index in [-0.39, 0.29) is 6.04 Å². The molecule has 0 spiro atoms. The number of nitrogens with zero attached hydrogens (tertiary/aromatic N) is 2. The highest BCUT2D eigenvalue weighted by molar-refractivity contribution is 5.30. The lowest BCUT2D eigenvalue weighted by molar-refractivity contribution is 0.285. The number of hydrogen-bond acceptors (Lipinski definition) is 5. The first-order chi connectivity index (χ1) is 8.69. The maximum absolute atomic E-state index is 5.82. The van der Waals surface area contributed by atoms with Crippen LogP contribution in [0.2, 0.25) is 0 Å². The summed E-state index contributed by atoms with van der Waals surface area (Å²) in [6.07, 6.45) is 0.729. The van der Waals surface area contributed by atoms with Crippen LogP contribution in [-0.4, -0.2) is 10.1 Å². The molecule has 18 heavy (non-hydrogen) atoms. The highest BCUT2D eigenvalue weighted by atomic mass is 16.5. The van der Waals surface area contributed by atoms with Gasteiger partial charge in [0, 0.05) is 12.5 Å². The van der Waals surface area contributed by atoms with Crippen LogP contribution in [-0.2, 0) is 13.0 Å². The molecular weight excluding hydrogens is 230 g/mol. The van der Waals surface area contributed by atoms with Crippen LogP contribution in [0.25, 0.3) is 0 Å². The number of benzene rings is 1. The summed E-state index contributed by atoms with van der Waals surface area (Å²) in [7, 11) is 0. The third-order valence-corrected chi connectivity index (χ3v) is 2.56. The van der Waals surface area contributed by atoms with Gasteiger partial charge in [-0.15, -0.1) is 0 Å². The Hall–Kier alpha value is -1.88. The van der Waals surface area contributed by atoms with Gasteiger partial charge in [0.25, 0.3) is 0 Å². The standard InChI is InChI=1S/C13H17N3O2/c1-3-13-15-12(16-18-13)8-17-11-6-4-5-10(7-11)9(2)14/h4-7,9H,3,8,14H2,1-2H3/t9-/m0/s1. The van der Waals surface area contributed by atoms with E-state index < -0.39 is 0 Å². The average Bonchev–Trinajstić information content (AvgIpc) is 2.84. The number of hydrogen-bond donors (Lipinski definition) is 1. The molecule has 0 saturated carbocycles. The van der Waals surface area contributed by atoms with Gasteiger partial charge < -0.3 is 15.0 Å². The van der Waals surface area contributed by atoms with E-state index in [1.165, 1.54) is 0 Å². The third-order valence-electron chi connectivity index (χ3n) is 2.56. The summed E-state index contributed by atoms with van der Waals surface area (Å²) in [6.45, 7) is 4.20. The molecule has 2 rings (SSSR count). The van der Waals surface area contributed by atoms with Crippen molar-refractivity contribution in [2.24, 2.45) is 5.73 Å². The van der Waals surface area contributed by atoms with Gasteiger partial charge in [-0.3, -0.25) is 0 Å². The van der Waals surface area contributed by atoms with Crippen molar-refractivity contribution in [1.29, 1.82) is 0 Å². The molecule has 96 valence electrons. The molecule has 0 bridgehead atoms. The molecule has 1 aromatic carbocycles. The van der Waals surface area contributed by atoms with Crippen molar-refractivity contribution in [2.45, 2.75) is 32.9 Å². The zero-order valence-corrected chi connectivity index (χ0v) is 10.6. The Morgan fingerprint density at radius 3 is 2.94 bits per heavy atom. The highest BCUT2D eigenvalue weighted by Crippen LogP contribution is 2.18. The number of aryl methyl sites for hydroxylation is 1. The molecule has 0 fully saturated rings. The summed E-state index contributed by atoms with van der Waals surface area (Å²) in [5, 5.41) is 3.82. The smallest absolute Gasteiger partial charge is 0.226 e. The molecule has 0 amide bonds. The molecule has 1 aromatic heterocycles. The van der Waals surface area contributed by atoms with Crippen molar-refractivity contribution in [1.82, 2.24) is 10.1 Å². The van der Waals surface area contributed by atoms with Crippen LogP contribution in [0, 0.1) is 0 Å². The van der Waals surface area contributed by atoms with Gasteiger partial charge in [0.05, 0.1) is 0 Å². The van der Waals surface area contributed by atoms with Crippen molar-refractivity contribution >= 4 is 0 Å². The molecule has 5 nitrogen and oxygen atoms in total. The van der Waals surface area contributed by atoms with Crippen molar-refractivity contribution in [3.8, 4) is 5.75 Å². The summed E-state index contributed by atoms with van der Waals surface area (Å²) in [6, 6.07) is 7.69. The fraction of sp³-hybridized carbons (Fsp3) is 0.385. The van der Waals surface area contributed by atoms with Gasteiger partial charge in [-0.25, -0.2) is 0 Å². The molecule has 0 unspecified atom stereocenters. The monoisotopic (exact) mass is 247 g/mol. The normalized spacial score (nSPS) is 12.4. The molecule has 5 heteroatoms. The van der Waals surface area contributed by atoms with Crippen molar-refractivity contribution < 1.29 is 9.26 Å². The lowest BCUT2D eigenvalue weighted by atomic mass is 10.1. The van der Waals surface area contributed by atoms with E-state index in [4.69, 9.17) is 15.0 Å². The molecule has 0 aliphatic carbocycles. The number of rotatable bonds is 5. The zero-order valence-electron chi connectivity index (χ0n) is 10.6. The fourth-order valence-electron chi connectivity index (χ4n) is 1.53. The molecule has 2 aromatic rings. The van der Waals surface area contributed by atoms with Crippen molar-refractivity contribution in [3.63, 3.8) is 0 Å². The minimum atomic E-state index is -0.00887. The molecule has 0 saturated heterocycles. The average molecular weight is 247 g/mol. The quantitative estimate of drug-likeness (QED) is 0.877. The zero-order chi connectivity index (χ0) is 13.0. The van der Waals surface area contributed by atoms with E-state index in [0.717, 1.165) is 17.7 Å². The first kappa shape index (κ1) is 12.6. The molecule has 0 radical (unpaired) electrons. The Kier molecular flexibility index (Phi) is 3.94. The van der Waals surface area contributed by atoms with E-state index in [0.29, 0.717) is 18.3 Å². The van der Waals surface area contributed by atoms with Gasteiger partial charge in [-0.05, 0) is 24.6 Å². The topological polar surface area (TPSA) is 74.2 Å². The third kappa shape index (κ3) is 3.07. The summed E-state index contributed by atoms with van der Waals surface area (Å²) in [5.41, 5.74) is 6.85. The number of ether oxygens (including phenoxy) is 1. The SMILES string of the molecule is CCc1nc(COc2cccc([C@H](C)N)c2)no1. The second-order valence-electron chi connectivity index (χ2n) is 4.11. The maximum atomic E-state index is 5.82. The van der Waals surface area contributed by atoms with Gasteiger partial charge >= 0.3 is 0 Å². The molecular formula is C13H17N3O2. The Morgan fingerprint density at radius 2 is 2.28 bits per heavy atom. The van der Waals surface area contributed by atoms with Crippen LogP contribution < -0.4 is 10.5 Å². The van der Waals surface area contributed by atoms with Crippen molar-refractivity contribution in [3.05, 3.63) is 41.5 Å². The Balaban J connectivity index is 1.99. The van der Waals surface area contributed by atoms with Crippen LogP contribution in [0.5, 0.6) is 5.75 Å². The summed E-state index contributed by atoms with van der Waals surface area (Å²) in [5.74, 6) is 1.93. The molecule has 0 aliphatic rings. The molecule has 1 heterocycles. The van der Waals surface area contributed by atoms with E-state index in [1.54, 1.807) is 0 Å².